The number of nitrogens with zero attached hydrogens (tertiary/aromatic N) is 1. The summed E-state index contributed by atoms with van der Waals surface area (Å²) >= 11 is 0. The van der Waals surface area contributed by atoms with Crippen LogP contribution in [0, 0.1) is 0 Å². The number of esters is 1. The van der Waals surface area contributed by atoms with Crippen LogP contribution in [0.5, 0.6) is 0 Å². The largest absolute Gasteiger partial charge is 0.461 e. The molecule has 1 saturated heterocycles. The molecule has 0 spiro atoms. The molecule has 0 radical (unpaired) electrons. The van der Waals surface area contributed by atoms with E-state index in [1.807, 2.05) is 0 Å². The fourth-order valence-corrected chi connectivity index (χ4v) is 1.93. The van der Waals surface area contributed by atoms with Crippen molar-refractivity contribution in [2.24, 2.45) is 5.73 Å². The number of hydrogen-bond acceptors (Lipinski definition) is 4. The van der Waals surface area contributed by atoms with E-state index < -0.39 is 24.7 Å². The minimum Gasteiger partial charge on any atom is -0.461 e. The second kappa shape index (κ2) is 6.38. The Kier molecular flexibility index (Phi) is 5.40. The summed E-state index contributed by atoms with van der Waals surface area (Å²) in [4.78, 5) is 12.6. The van der Waals surface area contributed by atoms with Crippen molar-refractivity contribution in [1.29, 1.82) is 0 Å². The summed E-state index contributed by atoms with van der Waals surface area (Å²) in [5.74, 6) is -0.496. The Bertz CT molecular complexity index is 282. The normalized spacial score (nSPS) is 24.4. The molecule has 1 unspecified atom stereocenters. The Labute approximate surface area is 104 Å². The van der Waals surface area contributed by atoms with Gasteiger partial charge >= 0.3 is 12.1 Å². The van der Waals surface area contributed by atoms with Crippen molar-refractivity contribution in [3.63, 3.8) is 0 Å². The van der Waals surface area contributed by atoms with E-state index >= 15 is 0 Å². The Balaban J connectivity index is 2.39. The van der Waals surface area contributed by atoms with E-state index in [4.69, 9.17) is 10.5 Å². The van der Waals surface area contributed by atoms with Gasteiger partial charge < -0.3 is 10.5 Å². The molecule has 0 aromatic rings. The molecule has 2 atom stereocenters. The van der Waals surface area contributed by atoms with Gasteiger partial charge in [-0.2, -0.15) is 13.2 Å². The van der Waals surface area contributed by atoms with Gasteiger partial charge in [0.05, 0.1) is 6.54 Å². The lowest BCUT2D eigenvalue weighted by atomic mass is 10.1. The van der Waals surface area contributed by atoms with Crippen LogP contribution in [0.2, 0.25) is 0 Å². The molecule has 2 N–H and O–H groups in total. The minimum absolute atomic E-state index is 0.288. The fraction of sp³-hybridized carbons (Fsp3) is 0.909. The Morgan fingerprint density at radius 1 is 1.44 bits per heavy atom. The van der Waals surface area contributed by atoms with Crippen LogP contribution in [0.25, 0.3) is 0 Å². The molecule has 0 aromatic heterocycles. The fourth-order valence-electron chi connectivity index (χ4n) is 1.93. The van der Waals surface area contributed by atoms with E-state index in [1.54, 1.807) is 0 Å². The zero-order chi connectivity index (χ0) is 13.8. The average molecular weight is 268 g/mol. The first-order valence-electron chi connectivity index (χ1n) is 6.03. The van der Waals surface area contributed by atoms with E-state index in [9.17, 15) is 18.0 Å². The van der Waals surface area contributed by atoms with Gasteiger partial charge in [-0.1, -0.05) is 0 Å². The minimum atomic E-state index is -4.18. The molecule has 7 heteroatoms. The number of hydrogen-bond donors (Lipinski definition) is 1. The van der Waals surface area contributed by atoms with Crippen molar-refractivity contribution in [2.75, 3.05) is 19.6 Å². The molecule has 1 heterocycles. The monoisotopic (exact) mass is 268 g/mol. The molecule has 1 aliphatic heterocycles. The first-order valence-corrected chi connectivity index (χ1v) is 6.03. The third-order valence-corrected chi connectivity index (χ3v) is 2.83. The first-order chi connectivity index (χ1) is 8.28. The van der Waals surface area contributed by atoms with Crippen LogP contribution in [0.4, 0.5) is 13.2 Å². The lowest BCUT2D eigenvalue weighted by molar-refractivity contribution is -0.152. The van der Waals surface area contributed by atoms with Gasteiger partial charge in [-0.3, -0.25) is 9.69 Å². The molecule has 4 nitrogen and oxygen atoms in total. The van der Waals surface area contributed by atoms with Crippen LogP contribution in [0.15, 0.2) is 0 Å². The van der Waals surface area contributed by atoms with Crippen LogP contribution in [0.1, 0.15) is 26.2 Å². The number of likely N-dealkylation sites (tertiary alicyclic amines) is 1. The van der Waals surface area contributed by atoms with Crippen LogP contribution in [0.3, 0.4) is 0 Å². The zero-order valence-electron chi connectivity index (χ0n) is 10.4. The predicted molar refractivity (Wildman–Crippen MR) is 59.9 cm³/mol. The molecular formula is C11H19F3N2O2. The van der Waals surface area contributed by atoms with Crippen LogP contribution in [-0.2, 0) is 9.53 Å². The van der Waals surface area contributed by atoms with E-state index in [-0.39, 0.29) is 12.6 Å². The molecule has 18 heavy (non-hydrogen) atoms. The van der Waals surface area contributed by atoms with E-state index in [1.165, 1.54) is 11.8 Å². The molecule has 106 valence electrons. The van der Waals surface area contributed by atoms with Gasteiger partial charge in [0.2, 0.25) is 0 Å². The molecular weight excluding hydrogens is 249 g/mol. The van der Waals surface area contributed by atoms with Crippen molar-refractivity contribution < 1.29 is 22.7 Å². The summed E-state index contributed by atoms with van der Waals surface area (Å²) in [7, 11) is 0. The second-order valence-corrected chi connectivity index (χ2v) is 4.67. The number of alkyl halides is 3. The Hall–Kier alpha value is -0.820. The number of halogens is 3. The Morgan fingerprint density at radius 2 is 2.11 bits per heavy atom. The van der Waals surface area contributed by atoms with Crippen LogP contribution in [-0.4, -0.2) is 48.8 Å². The molecule has 1 rings (SSSR count). The highest BCUT2D eigenvalue weighted by Gasteiger charge is 2.32. The summed E-state index contributed by atoms with van der Waals surface area (Å²) in [6, 6.07) is -0.695. The molecule has 0 aromatic carbocycles. The van der Waals surface area contributed by atoms with Crippen molar-refractivity contribution in [2.45, 2.75) is 44.5 Å². The smallest absolute Gasteiger partial charge is 0.401 e. The van der Waals surface area contributed by atoms with E-state index in [0.717, 1.165) is 0 Å². The number of ether oxygens (including phenoxy) is 1. The van der Waals surface area contributed by atoms with Crippen molar-refractivity contribution >= 4 is 5.97 Å². The molecule has 0 bridgehead atoms. The Morgan fingerprint density at radius 3 is 2.67 bits per heavy atom. The summed E-state index contributed by atoms with van der Waals surface area (Å²) in [5.41, 5.74) is 5.37. The number of carbonyl (C=O) groups is 1. The molecule has 1 aliphatic rings. The van der Waals surface area contributed by atoms with Gasteiger partial charge in [0.15, 0.2) is 0 Å². The maximum atomic E-state index is 12.2. The number of carbonyl (C=O) groups excluding carboxylic acids is 1. The highest BCUT2D eigenvalue weighted by atomic mass is 19.4. The van der Waals surface area contributed by atoms with Crippen molar-refractivity contribution in [3.05, 3.63) is 0 Å². The lowest BCUT2D eigenvalue weighted by Crippen LogP contribution is -2.35. The molecule has 1 fully saturated rings. The number of rotatable bonds is 3. The first kappa shape index (κ1) is 15.2. The summed E-state index contributed by atoms with van der Waals surface area (Å²) in [6.45, 7) is 1.29. The van der Waals surface area contributed by atoms with Crippen molar-refractivity contribution in [1.82, 2.24) is 4.90 Å². The summed E-state index contributed by atoms with van der Waals surface area (Å²) < 4.78 is 41.9. The predicted octanol–water partition coefficient (Wildman–Crippen LogP) is 1.29. The SMILES string of the molecule is C[C@H](N)C(=O)OC1CCCN(CC(F)(F)F)CC1. The quantitative estimate of drug-likeness (QED) is 0.784. The van der Waals surface area contributed by atoms with Crippen LogP contribution < -0.4 is 5.73 Å². The van der Waals surface area contributed by atoms with Crippen LogP contribution >= 0.6 is 0 Å². The van der Waals surface area contributed by atoms with Gasteiger partial charge in [0.25, 0.3) is 0 Å². The van der Waals surface area contributed by atoms with Gasteiger partial charge in [0, 0.05) is 6.54 Å². The molecule has 0 aliphatic carbocycles. The third kappa shape index (κ3) is 5.68. The van der Waals surface area contributed by atoms with Gasteiger partial charge in [-0.05, 0) is 32.7 Å². The maximum Gasteiger partial charge on any atom is 0.401 e. The topological polar surface area (TPSA) is 55.6 Å². The standard InChI is InChI=1S/C11H19F3N2O2/c1-8(15)10(17)18-9-3-2-5-16(6-4-9)7-11(12,13)14/h8-9H,2-7,15H2,1H3/t8-,9?/m0/s1. The highest BCUT2D eigenvalue weighted by Crippen LogP contribution is 2.20. The second-order valence-electron chi connectivity index (χ2n) is 4.67. The van der Waals surface area contributed by atoms with Crippen molar-refractivity contribution in [3.8, 4) is 0 Å². The highest BCUT2D eigenvalue weighted by molar-refractivity contribution is 5.75. The summed E-state index contributed by atoms with van der Waals surface area (Å²) in [5, 5.41) is 0. The van der Waals surface area contributed by atoms with Gasteiger partial charge in [0.1, 0.15) is 12.1 Å². The number of nitrogens with two attached hydrogens (primary N) is 1. The van der Waals surface area contributed by atoms with Gasteiger partial charge in [-0.25, -0.2) is 0 Å². The van der Waals surface area contributed by atoms with E-state index in [2.05, 4.69) is 0 Å². The summed E-state index contributed by atoms with van der Waals surface area (Å²) in [6.07, 6.45) is -2.89. The maximum absolute atomic E-state index is 12.2. The lowest BCUT2D eigenvalue weighted by Gasteiger charge is -2.21. The zero-order valence-corrected chi connectivity index (χ0v) is 10.4. The average Bonchev–Trinajstić information content (AvgIpc) is 2.41. The third-order valence-electron chi connectivity index (χ3n) is 2.83. The molecule has 0 saturated carbocycles. The molecule has 0 amide bonds. The van der Waals surface area contributed by atoms with Gasteiger partial charge in [-0.15, -0.1) is 0 Å². The van der Waals surface area contributed by atoms with E-state index in [0.29, 0.717) is 25.8 Å².